The smallest absolute Gasteiger partial charge is 0.272 e. The fraction of sp³-hybridized carbons (Fsp3) is 0.0667. The van der Waals surface area contributed by atoms with Crippen molar-refractivity contribution in [1.82, 2.24) is 0 Å². The standard InChI is InChI=1S/C15H11FN2O3/c16-13-7-11(18(19)20)5-6-14(13)17-8-10-9-21-15-4-2-1-3-12(10)15/h1-7,9,17H,8H2. The van der Waals surface area contributed by atoms with Crippen molar-refractivity contribution < 1.29 is 13.7 Å². The molecule has 0 saturated heterocycles. The SMILES string of the molecule is O=[N+]([O-])c1ccc(NCc2coc3ccccc23)c(F)c1. The highest BCUT2D eigenvalue weighted by atomic mass is 19.1. The van der Waals surface area contributed by atoms with Gasteiger partial charge in [0, 0.05) is 23.6 Å². The molecule has 1 aromatic heterocycles. The van der Waals surface area contributed by atoms with E-state index in [0.717, 1.165) is 22.6 Å². The zero-order valence-electron chi connectivity index (χ0n) is 10.9. The van der Waals surface area contributed by atoms with Crippen molar-refractivity contribution in [3.63, 3.8) is 0 Å². The predicted octanol–water partition coefficient (Wildman–Crippen LogP) is 4.09. The van der Waals surface area contributed by atoms with Crippen LogP contribution < -0.4 is 5.32 Å². The lowest BCUT2D eigenvalue weighted by Crippen LogP contribution is -2.01. The van der Waals surface area contributed by atoms with Gasteiger partial charge in [-0.05, 0) is 12.1 Å². The molecule has 6 heteroatoms. The number of nitro groups is 1. The largest absolute Gasteiger partial charge is 0.464 e. The second kappa shape index (κ2) is 5.24. The summed E-state index contributed by atoms with van der Waals surface area (Å²) in [6, 6.07) is 11.1. The van der Waals surface area contributed by atoms with Crippen LogP contribution in [0.15, 0.2) is 53.1 Å². The molecule has 3 rings (SSSR count). The Labute approximate surface area is 119 Å². The lowest BCUT2D eigenvalue weighted by Gasteiger charge is -2.06. The van der Waals surface area contributed by atoms with Gasteiger partial charge in [-0.3, -0.25) is 10.1 Å². The van der Waals surface area contributed by atoms with E-state index >= 15 is 0 Å². The number of fused-ring (bicyclic) bond motifs is 1. The van der Waals surface area contributed by atoms with Crippen LogP contribution in [0.5, 0.6) is 0 Å². The summed E-state index contributed by atoms with van der Waals surface area (Å²) >= 11 is 0. The molecule has 21 heavy (non-hydrogen) atoms. The fourth-order valence-corrected chi connectivity index (χ4v) is 2.12. The Morgan fingerprint density at radius 2 is 2.05 bits per heavy atom. The number of para-hydroxylation sites is 1. The molecule has 0 aliphatic rings. The number of non-ortho nitro benzene ring substituents is 1. The molecular formula is C15H11FN2O3. The summed E-state index contributed by atoms with van der Waals surface area (Å²) in [5, 5.41) is 14.4. The van der Waals surface area contributed by atoms with Gasteiger partial charge in [0.15, 0.2) is 5.82 Å². The second-order valence-corrected chi connectivity index (χ2v) is 4.53. The minimum atomic E-state index is -0.656. The number of hydrogen-bond acceptors (Lipinski definition) is 4. The first-order chi connectivity index (χ1) is 10.1. The van der Waals surface area contributed by atoms with Gasteiger partial charge in [0.2, 0.25) is 0 Å². The summed E-state index contributed by atoms with van der Waals surface area (Å²) in [5.74, 6) is -0.656. The molecule has 0 atom stereocenters. The van der Waals surface area contributed by atoms with Gasteiger partial charge in [0.25, 0.3) is 5.69 Å². The minimum absolute atomic E-state index is 0.214. The number of halogens is 1. The minimum Gasteiger partial charge on any atom is -0.464 e. The first kappa shape index (κ1) is 13.1. The van der Waals surface area contributed by atoms with Crippen molar-refractivity contribution in [1.29, 1.82) is 0 Å². The molecule has 0 radical (unpaired) electrons. The molecule has 3 aromatic rings. The molecule has 0 aliphatic heterocycles. The van der Waals surface area contributed by atoms with Crippen LogP contribution in [-0.2, 0) is 6.54 Å². The van der Waals surface area contributed by atoms with E-state index in [-0.39, 0.29) is 11.4 Å². The molecule has 0 spiro atoms. The molecule has 0 fully saturated rings. The Morgan fingerprint density at radius 1 is 1.24 bits per heavy atom. The third kappa shape index (κ3) is 2.55. The molecule has 0 bridgehead atoms. The summed E-state index contributed by atoms with van der Waals surface area (Å²) in [6.45, 7) is 0.367. The maximum Gasteiger partial charge on any atom is 0.272 e. The maximum absolute atomic E-state index is 13.8. The Balaban J connectivity index is 1.80. The van der Waals surface area contributed by atoms with Crippen LogP contribution in [0, 0.1) is 15.9 Å². The summed E-state index contributed by atoms with van der Waals surface area (Å²) in [5.41, 5.74) is 1.60. The number of benzene rings is 2. The number of furan rings is 1. The van der Waals surface area contributed by atoms with Gasteiger partial charge in [-0.15, -0.1) is 0 Å². The highest BCUT2D eigenvalue weighted by Crippen LogP contribution is 2.24. The molecule has 2 aromatic carbocycles. The Morgan fingerprint density at radius 3 is 2.81 bits per heavy atom. The molecule has 1 heterocycles. The van der Waals surface area contributed by atoms with Gasteiger partial charge in [-0.25, -0.2) is 4.39 Å². The molecule has 0 unspecified atom stereocenters. The van der Waals surface area contributed by atoms with Crippen LogP contribution in [0.1, 0.15) is 5.56 Å². The van der Waals surface area contributed by atoms with Gasteiger partial charge in [0.05, 0.1) is 22.9 Å². The predicted molar refractivity (Wildman–Crippen MR) is 76.6 cm³/mol. The van der Waals surface area contributed by atoms with Crippen molar-refractivity contribution in [2.75, 3.05) is 5.32 Å². The van der Waals surface area contributed by atoms with Crippen molar-refractivity contribution in [2.24, 2.45) is 0 Å². The normalized spacial score (nSPS) is 10.7. The summed E-state index contributed by atoms with van der Waals surface area (Å²) in [7, 11) is 0. The number of nitro benzene ring substituents is 1. The number of hydrogen-bond donors (Lipinski definition) is 1. The monoisotopic (exact) mass is 286 g/mol. The van der Waals surface area contributed by atoms with Gasteiger partial charge in [-0.1, -0.05) is 18.2 Å². The summed E-state index contributed by atoms with van der Waals surface area (Å²) in [4.78, 5) is 9.93. The van der Waals surface area contributed by atoms with E-state index in [1.54, 1.807) is 6.26 Å². The third-order valence-corrected chi connectivity index (χ3v) is 3.19. The molecule has 5 nitrogen and oxygen atoms in total. The Bertz CT molecular complexity index is 814. The zero-order valence-corrected chi connectivity index (χ0v) is 10.9. The zero-order chi connectivity index (χ0) is 14.8. The quantitative estimate of drug-likeness (QED) is 0.579. The molecule has 0 aliphatic carbocycles. The number of nitrogens with zero attached hydrogens (tertiary/aromatic N) is 1. The number of rotatable bonds is 4. The number of anilines is 1. The van der Waals surface area contributed by atoms with Crippen molar-refractivity contribution in [3.8, 4) is 0 Å². The first-order valence-electron chi connectivity index (χ1n) is 6.28. The van der Waals surface area contributed by atoms with E-state index < -0.39 is 10.7 Å². The summed E-state index contributed by atoms with van der Waals surface area (Å²) in [6.07, 6.45) is 1.61. The van der Waals surface area contributed by atoms with Crippen LogP contribution in [0.4, 0.5) is 15.8 Å². The van der Waals surface area contributed by atoms with Crippen LogP contribution >= 0.6 is 0 Å². The third-order valence-electron chi connectivity index (χ3n) is 3.19. The lowest BCUT2D eigenvalue weighted by atomic mass is 10.1. The van der Waals surface area contributed by atoms with E-state index in [1.807, 2.05) is 24.3 Å². The van der Waals surface area contributed by atoms with Crippen LogP contribution in [0.25, 0.3) is 11.0 Å². The summed E-state index contributed by atoms with van der Waals surface area (Å²) < 4.78 is 19.2. The van der Waals surface area contributed by atoms with E-state index in [1.165, 1.54) is 12.1 Å². The fourth-order valence-electron chi connectivity index (χ4n) is 2.12. The first-order valence-corrected chi connectivity index (χ1v) is 6.28. The Kier molecular flexibility index (Phi) is 3.27. The topological polar surface area (TPSA) is 68.3 Å². The average molecular weight is 286 g/mol. The van der Waals surface area contributed by atoms with Crippen LogP contribution in [0.2, 0.25) is 0 Å². The van der Waals surface area contributed by atoms with Gasteiger partial charge in [0.1, 0.15) is 5.58 Å². The van der Waals surface area contributed by atoms with E-state index in [4.69, 9.17) is 4.42 Å². The van der Waals surface area contributed by atoms with Crippen molar-refractivity contribution in [3.05, 3.63) is 70.2 Å². The molecule has 0 saturated carbocycles. The van der Waals surface area contributed by atoms with Gasteiger partial charge < -0.3 is 9.73 Å². The molecule has 0 amide bonds. The highest BCUT2D eigenvalue weighted by molar-refractivity contribution is 5.81. The highest BCUT2D eigenvalue weighted by Gasteiger charge is 2.11. The van der Waals surface area contributed by atoms with Crippen LogP contribution in [0.3, 0.4) is 0 Å². The maximum atomic E-state index is 13.8. The van der Waals surface area contributed by atoms with Crippen molar-refractivity contribution in [2.45, 2.75) is 6.54 Å². The van der Waals surface area contributed by atoms with Gasteiger partial charge >= 0.3 is 0 Å². The Hall–Kier alpha value is -2.89. The lowest BCUT2D eigenvalue weighted by molar-refractivity contribution is -0.385. The van der Waals surface area contributed by atoms with E-state index in [2.05, 4.69) is 5.32 Å². The van der Waals surface area contributed by atoms with Gasteiger partial charge in [-0.2, -0.15) is 0 Å². The molecule has 106 valence electrons. The van der Waals surface area contributed by atoms with Crippen LogP contribution in [-0.4, -0.2) is 4.92 Å². The number of nitrogens with one attached hydrogen (secondary N) is 1. The van der Waals surface area contributed by atoms with Crippen molar-refractivity contribution >= 4 is 22.3 Å². The molecule has 1 N–H and O–H groups in total. The average Bonchev–Trinajstić information content (AvgIpc) is 2.89. The van der Waals surface area contributed by atoms with E-state index in [0.29, 0.717) is 6.54 Å². The van der Waals surface area contributed by atoms with E-state index in [9.17, 15) is 14.5 Å². The molecular weight excluding hydrogens is 275 g/mol. The second-order valence-electron chi connectivity index (χ2n) is 4.53.